The summed E-state index contributed by atoms with van der Waals surface area (Å²) < 4.78 is 5.45. The predicted molar refractivity (Wildman–Crippen MR) is 57.2 cm³/mol. The van der Waals surface area contributed by atoms with E-state index in [1.807, 2.05) is 0 Å². The molecule has 3 heteroatoms. The Morgan fingerprint density at radius 1 is 1.15 bits per heavy atom. The van der Waals surface area contributed by atoms with Gasteiger partial charge in [0.25, 0.3) is 0 Å². The van der Waals surface area contributed by atoms with Crippen molar-refractivity contribution in [2.45, 2.75) is 20.3 Å². The lowest BCUT2D eigenvalue weighted by atomic mass is 10.5. The molecule has 13 heavy (non-hydrogen) atoms. The Labute approximate surface area is 82.4 Å². The highest BCUT2D eigenvalue weighted by Crippen LogP contribution is 1.81. The molecule has 0 spiro atoms. The summed E-state index contributed by atoms with van der Waals surface area (Å²) in [6.07, 6.45) is 1.19. The van der Waals surface area contributed by atoms with E-state index in [1.165, 1.54) is 6.42 Å². The van der Waals surface area contributed by atoms with Crippen LogP contribution in [0.2, 0.25) is 0 Å². The lowest BCUT2D eigenvalue weighted by Crippen LogP contribution is -2.25. The minimum absolute atomic E-state index is 0.831. The Morgan fingerprint density at radius 3 is 2.54 bits per heavy atom. The van der Waals surface area contributed by atoms with Crippen LogP contribution in [-0.4, -0.2) is 51.3 Å². The molecule has 0 rings (SSSR count). The molecular formula is C10H24N2O. The van der Waals surface area contributed by atoms with E-state index in [-0.39, 0.29) is 0 Å². The normalized spacial score (nSPS) is 11.1. The van der Waals surface area contributed by atoms with E-state index in [2.05, 4.69) is 31.1 Å². The second-order valence-corrected chi connectivity index (χ2v) is 3.26. The number of likely N-dealkylation sites (N-methyl/N-ethyl adjacent to an activating group) is 1. The van der Waals surface area contributed by atoms with Crippen LogP contribution in [0.1, 0.15) is 20.3 Å². The molecule has 0 fully saturated rings. The first-order valence-corrected chi connectivity index (χ1v) is 5.28. The van der Waals surface area contributed by atoms with Crippen molar-refractivity contribution in [2.24, 2.45) is 0 Å². The van der Waals surface area contributed by atoms with E-state index >= 15 is 0 Å². The van der Waals surface area contributed by atoms with E-state index in [9.17, 15) is 0 Å². The van der Waals surface area contributed by atoms with Crippen LogP contribution in [0.15, 0.2) is 0 Å². The van der Waals surface area contributed by atoms with Gasteiger partial charge in [-0.25, -0.2) is 0 Å². The minimum atomic E-state index is 0.831. The molecule has 80 valence electrons. The van der Waals surface area contributed by atoms with Crippen LogP contribution in [0.25, 0.3) is 0 Å². The number of nitrogens with zero attached hydrogens (tertiary/aromatic N) is 1. The second-order valence-electron chi connectivity index (χ2n) is 3.26. The van der Waals surface area contributed by atoms with Crippen molar-refractivity contribution in [3.05, 3.63) is 0 Å². The van der Waals surface area contributed by atoms with E-state index < -0.39 is 0 Å². The van der Waals surface area contributed by atoms with Gasteiger partial charge in [0, 0.05) is 13.1 Å². The van der Waals surface area contributed by atoms with E-state index in [0.29, 0.717) is 0 Å². The number of rotatable bonds is 9. The van der Waals surface area contributed by atoms with Gasteiger partial charge in [0.2, 0.25) is 0 Å². The molecule has 0 aliphatic heterocycles. The maximum Gasteiger partial charge on any atom is 0.0593 e. The molecule has 3 nitrogen and oxygen atoms in total. The highest BCUT2D eigenvalue weighted by molar-refractivity contribution is 4.47. The van der Waals surface area contributed by atoms with E-state index in [1.54, 1.807) is 0 Å². The molecule has 1 N–H and O–H groups in total. The van der Waals surface area contributed by atoms with Crippen LogP contribution in [0, 0.1) is 0 Å². The van der Waals surface area contributed by atoms with Gasteiger partial charge in [0.1, 0.15) is 0 Å². The topological polar surface area (TPSA) is 24.5 Å². The molecule has 0 aliphatic rings. The molecule has 0 unspecified atom stereocenters. The average molecular weight is 188 g/mol. The van der Waals surface area contributed by atoms with Gasteiger partial charge in [-0.2, -0.15) is 0 Å². The van der Waals surface area contributed by atoms with Gasteiger partial charge in [-0.05, 0) is 26.6 Å². The highest BCUT2D eigenvalue weighted by atomic mass is 16.5. The number of nitrogens with one attached hydrogen (secondary N) is 1. The first-order chi connectivity index (χ1) is 6.31. The van der Waals surface area contributed by atoms with Crippen molar-refractivity contribution in [2.75, 3.05) is 46.4 Å². The number of ether oxygens (including phenoxy) is 1. The van der Waals surface area contributed by atoms with Crippen molar-refractivity contribution >= 4 is 0 Å². The smallest absolute Gasteiger partial charge is 0.0593 e. The zero-order chi connectivity index (χ0) is 9.94. The van der Waals surface area contributed by atoms with Gasteiger partial charge in [-0.1, -0.05) is 13.8 Å². The third-order valence-corrected chi connectivity index (χ3v) is 2.01. The van der Waals surface area contributed by atoms with Crippen LogP contribution in [-0.2, 0) is 4.74 Å². The first-order valence-electron chi connectivity index (χ1n) is 5.28. The molecule has 0 radical (unpaired) electrons. The van der Waals surface area contributed by atoms with Gasteiger partial charge >= 0.3 is 0 Å². The summed E-state index contributed by atoms with van der Waals surface area (Å²) in [5.74, 6) is 0. The van der Waals surface area contributed by atoms with Crippen LogP contribution >= 0.6 is 0 Å². The zero-order valence-corrected chi connectivity index (χ0v) is 9.31. The maximum atomic E-state index is 5.45. The number of hydrogen-bond acceptors (Lipinski definition) is 3. The fraction of sp³-hybridized carbons (Fsp3) is 1.00. The molecule has 0 amide bonds. The summed E-state index contributed by atoms with van der Waals surface area (Å²) in [4.78, 5) is 2.25. The SMILES string of the molecule is CCCNCCOCCN(C)CC. The van der Waals surface area contributed by atoms with Crippen LogP contribution < -0.4 is 5.32 Å². The minimum Gasteiger partial charge on any atom is -0.379 e. The molecular weight excluding hydrogens is 164 g/mol. The Hall–Kier alpha value is -0.120. The van der Waals surface area contributed by atoms with Crippen molar-refractivity contribution in [3.8, 4) is 0 Å². The summed E-state index contributed by atoms with van der Waals surface area (Å²) in [5, 5.41) is 3.30. The average Bonchev–Trinajstić information content (AvgIpc) is 2.16. The largest absolute Gasteiger partial charge is 0.379 e. The molecule has 0 aromatic carbocycles. The van der Waals surface area contributed by atoms with Crippen molar-refractivity contribution in [3.63, 3.8) is 0 Å². The third kappa shape index (κ3) is 9.80. The zero-order valence-electron chi connectivity index (χ0n) is 9.31. The lowest BCUT2D eigenvalue weighted by Gasteiger charge is -2.13. The van der Waals surface area contributed by atoms with Gasteiger partial charge < -0.3 is 15.0 Å². The summed E-state index contributed by atoms with van der Waals surface area (Å²) in [5.41, 5.74) is 0. The predicted octanol–water partition coefficient (Wildman–Crippen LogP) is 0.954. The first kappa shape index (κ1) is 12.9. The Morgan fingerprint density at radius 2 is 1.92 bits per heavy atom. The standard InChI is InChI=1S/C10H24N2O/c1-4-6-11-7-9-13-10-8-12(3)5-2/h11H,4-10H2,1-3H3. The fourth-order valence-electron chi connectivity index (χ4n) is 0.927. The second kappa shape index (κ2) is 9.96. The van der Waals surface area contributed by atoms with Crippen molar-refractivity contribution in [1.82, 2.24) is 10.2 Å². The van der Waals surface area contributed by atoms with E-state index in [0.717, 1.165) is 39.4 Å². The van der Waals surface area contributed by atoms with Crippen LogP contribution in [0.5, 0.6) is 0 Å². The van der Waals surface area contributed by atoms with Gasteiger partial charge in [-0.15, -0.1) is 0 Å². The molecule has 0 aromatic rings. The van der Waals surface area contributed by atoms with Crippen molar-refractivity contribution < 1.29 is 4.74 Å². The van der Waals surface area contributed by atoms with E-state index in [4.69, 9.17) is 4.74 Å². The Bertz CT molecular complexity index is 98.9. The molecule has 0 aromatic heterocycles. The molecule has 0 bridgehead atoms. The summed E-state index contributed by atoms with van der Waals surface area (Å²) >= 11 is 0. The third-order valence-electron chi connectivity index (χ3n) is 2.01. The summed E-state index contributed by atoms with van der Waals surface area (Å²) in [6, 6.07) is 0. The van der Waals surface area contributed by atoms with Gasteiger partial charge in [-0.3, -0.25) is 0 Å². The monoisotopic (exact) mass is 188 g/mol. The lowest BCUT2D eigenvalue weighted by molar-refractivity contribution is 0.114. The molecule has 0 atom stereocenters. The molecule has 0 aliphatic carbocycles. The summed E-state index contributed by atoms with van der Waals surface area (Å²) in [7, 11) is 2.11. The molecule has 0 saturated carbocycles. The Kier molecular flexibility index (Phi) is 9.87. The molecule has 0 heterocycles. The maximum absolute atomic E-state index is 5.45. The highest BCUT2D eigenvalue weighted by Gasteiger charge is 1.93. The summed E-state index contributed by atoms with van der Waals surface area (Å²) in [6.45, 7) is 10.2. The number of hydrogen-bond donors (Lipinski definition) is 1. The van der Waals surface area contributed by atoms with Gasteiger partial charge in [0.15, 0.2) is 0 Å². The van der Waals surface area contributed by atoms with Gasteiger partial charge in [0.05, 0.1) is 13.2 Å². The molecule has 0 saturated heterocycles. The fourth-order valence-corrected chi connectivity index (χ4v) is 0.927. The van der Waals surface area contributed by atoms with Crippen LogP contribution in [0.3, 0.4) is 0 Å². The quantitative estimate of drug-likeness (QED) is 0.545. The van der Waals surface area contributed by atoms with Crippen LogP contribution in [0.4, 0.5) is 0 Å². The Balaban J connectivity index is 2.91. The van der Waals surface area contributed by atoms with Crippen molar-refractivity contribution in [1.29, 1.82) is 0 Å².